The summed E-state index contributed by atoms with van der Waals surface area (Å²) in [5.74, 6) is 1.71. The Bertz CT molecular complexity index is 1360. The Morgan fingerprint density at radius 3 is 2.44 bits per heavy atom. The van der Waals surface area contributed by atoms with E-state index in [2.05, 4.69) is 59.4 Å². The highest BCUT2D eigenvalue weighted by Gasteiger charge is 2.46. The minimum atomic E-state index is -1.40. The summed E-state index contributed by atoms with van der Waals surface area (Å²) in [6, 6.07) is 23.7. The van der Waals surface area contributed by atoms with Crippen LogP contribution in [0.1, 0.15) is 41.9 Å². The van der Waals surface area contributed by atoms with E-state index in [9.17, 15) is 9.00 Å². The number of fused-ring (bicyclic) bond motifs is 1. The Morgan fingerprint density at radius 1 is 1.05 bits per heavy atom. The summed E-state index contributed by atoms with van der Waals surface area (Å²) in [5, 5.41) is 5.71. The third-order valence-corrected chi connectivity index (χ3v) is 8.75. The molecule has 1 amide bonds. The monoisotopic (exact) mass is 562 g/mol. The second kappa shape index (κ2) is 12.5. The number of carbonyl (C=O) groups is 1. The number of rotatable bonds is 6. The lowest BCUT2D eigenvalue weighted by atomic mass is 9.91. The zero-order chi connectivity index (χ0) is 27.4. The highest BCUT2D eigenvalue weighted by atomic mass is 35.5. The summed E-state index contributed by atoms with van der Waals surface area (Å²) in [6.45, 7) is 2.35. The SMILES string of the molecule is CN1CCN=C1CN(C(=O)C1CC1c1ccccc1)c1ccc2c(c1)CCCC2.NS(=O)c1ccc(Cl)cc1. The lowest BCUT2D eigenvalue weighted by molar-refractivity contribution is -0.119. The topological polar surface area (TPSA) is 79.0 Å². The average Bonchev–Trinajstić information content (AvgIpc) is 3.67. The molecule has 3 aliphatic rings. The van der Waals surface area contributed by atoms with Gasteiger partial charge in [0.15, 0.2) is 0 Å². The molecule has 1 saturated carbocycles. The number of likely N-dealkylation sites (N-methyl/N-ethyl adjacent to an activating group) is 1. The summed E-state index contributed by atoms with van der Waals surface area (Å²) in [5.41, 5.74) is 5.20. The molecule has 6 rings (SSSR count). The lowest BCUT2D eigenvalue weighted by Gasteiger charge is -2.27. The van der Waals surface area contributed by atoms with Gasteiger partial charge in [-0.15, -0.1) is 0 Å². The van der Waals surface area contributed by atoms with E-state index < -0.39 is 11.0 Å². The smallest absolute Gasteiger partial charge is 0.231 e. The minimum Gasteiger partial charge on any atom is -0.360 e. The largest absolute Gasteiger partial charge is 0.360 e. The minimum absolute atomic E-state index is 0.0840. The number of halogens is 1. The highest BCUT2D eigenvalue weighted by molar-refractivity contribution is 7.82. The molecule has 3 atom stereocenters. The van der Waals surface area contributed by atoms with E-state index in [1.807, 2.05) is 11.0 Å². The fraction of sp³-hybridized carbons (Fsp3) is 0.355. The normalized spacial score (nSPS) is 20.3. The maximum Gasteiger partial charge on any atom is 0.231 e. The molecule has 3 unspecified atom stereocenters. The van der Waals surface area contributed by atoms with E-state index in [0.717, 1.165) is 43.9 Å². The van der Waals surface area contributed by atoms with Crippen molar-refractivity contribution >= 4 is 40.0 Å². The fourth-order valence-corrected chi connectivity index (χ4v) is 5.91. The van der Waals surface area contributed by atoms with Crippen molar-refractivity contribution in [3.05, 3.63) is 94.5 Å². The Labute approximate surface area is 238 Å². The first kappa shape index (κ1) is 27.6. The van der Waals surface area contributed by atoms with Gasteiger partial charge in [0.25, 0.3) is 0 Å². The molecule has 0 aromatic heterocycles. The molecule has 204 valence electrons. The van der Waals surface area contributed by atoms with Gasteiger partial charge in [-0.1, -0.05) is 48.0 Å². The summed E-state index contributed by atoms with van der Waals surface area (Å²) >= 11 is 5.58. The van der Waals surface area contributed by atoms with Crippen molar-refractivity contribution in [1.29, 1.82) is 0 Å². The molecule has 1 aliphatic heterocycles. The van der Waals surface area contributed by atoms with E-state index in [0.29, 0.717) is 22.4 Å². The first-order valence-corrected chi connectivity index (χ1v) is 15.1. The maximum absolute atomic E-state index is 13.6. The molecule has 1 fully saturated rings. The van der Waals surface area contributed by atoms with Crippen LogP contribution in [-0.2, 0) is 28.6 Å². The molecule has 2 aliphatic carbocycles. The van der Waals surface area contributed by atoms with Crippen LogP contribution in [0.4, 0.5) is 5.69 Å². The van der Waals surface area contributed by atoms with Gasteiger partial charge >= 0.3 is 0 Å². The number of hydrogen-bond donors (Lipinski definition) is 1. The predicted molar refractivity (Wildman–Crippen MR) is 160 cm³/mol. The van der Waals surface area contributed by atoms with Crippen LogP contribution in [0.15, 0.2) is 82.7 Å². The quantitative estimate of drug-likeness (QED) is 0.439. The number of amidine groups is 1. The van der Waals surface area contributed by atoms with Crippen molar-refractivity contribution in [2.75, 3.05) is 31.6 Å². The summed E-state index contributed by atoms with van der Waals surface area (Å²) in [4.78, 5) is 23.0. The van der Waals surface area contributed by atoms with E-state index in [1.165, 1.54) is 29.5 Å². The molecule has 0 radical (unpaired) electrons. The molecular weight excluding hydrogens is 528 g/mol. The first-order valence-electron chi connectivity index (χ1n) is 13.5. The molecule has 3 aromatic carbocycles. The Balaban J connectivity index is 0.000000261. The third kappa shape index (κ3) is 6.78. The van der Waals surface area contributed by atoms with Gasteiger partial charge in [-0.05, 0) is 91.1 Å². The summed E-state index contributed by atoms with van der Waals surface area (Å²) < 4.78 is 10.6. The number of hydrogen-bond acceptors (Lipinski definition) is 4. The number of benzene rings is 3. The zero-order valence-corrected chi connectivity index (χ0v) is 23.8. The van der Waals surface area contributed by atoms with Crippen molar-refractivity contribution in [2.24, 2.45) is 16.0 Å². The van der Waals surface area contributed by atoms with Crippen LogP contribution in [-0.4, -0.2) is 47.5 Å². The van der Waals surface area contributed by atoms with Crippen LogP contribution in [0, 0.1) is 5.92 Å². The van der Waals surface area contributed by atoms with Crippen molar-refractivity contribution in [3.8, 4) is 0 Å². The van der Waals surface area contributed by atoms with Gasteiger partial charge in [0.1, 0.15) is 16.8 Å². The van der Waals surface area contributed by atoms with Crippen LogP contribution in [0.2, 0.25) is 5.02 Å². The number of nitrogens with two attached hydrogens (primary N) is 1. The van der Waals surface area contributed by atoms with Crippen molar-refractivity contribution in [3.63, 3.8) is 0 Å². The van der Waals surface area contributed by atoms with Gasteiger partial charge < -0.3 is 9.80 Å². The standard InChI is InChI=1S/C25H29N3O.C6H6ClNOS/c1-27-14-13-26-24(27)17-28(21-12-11-18-7-5-6-10-20(18)15-21)25(29)23-16-22(23)19-8-3-2-4-9-19;7-5-1-3-6(4-2-5)10(8)9/h2-4,8-9,11-12,15,22-23H,5-7,10,13-14,16-17H2,1H3;1-4H,8H2. The van der Waals surface area contributed by atoms with Crippen molar-refractivity contribution in [2.45, 2.75) is 42.9 Å². The van der Waals surface area contributed by atoms with Crippen LogP contribution in [0.25, 0.3) is 0 Å². The fourth-order valence-electron chi connectivity index (χ4n) is 5.38. The number of carbonyl (C=O) groups excluding carboxylic acids is 1. The van der Waals surface area contributed by atoms with E-state index in [4.69, 9.17) is 16.7 Å². The maximum atomic E-state index is 13.6. The first-order chi connectivity index (χ1) is 18.9. The van der Waals surface area contributed by atoms with E-state index >= 15 is 0 Å². The molecule has 2 N–H and O–H groups in total. The number of aryl methyl sites for hydroxylation is 2. The molecule has 0 spiro atoms. The molecule has 3 aromatic rings. The number of anilines is 1. The zero-order valence-electron chi connectivity index (χ0n) is 22.3. The Hall–Kier alpha value is -3.00. The predicted octanol–water partition coefficient (Wildman–Crippen LogP) is 5.37. The van der Waals surface area contributed by atoms with Gasteiger partial charge in [-0.2, -0.15) is 0 Å². The molecule has 0 bridgehead atoms. The van der Waals surface area contributed by atoms with Gasteiger partial charge in [0.2, 0.25) is 5.91 Å². The molecule has 8 heteroatoms. The third-order valence-electron chi connectivity index (χ3n) is 7.76. The summed E-state index contributed by atoms with van der Waals surface area (Å²) in [7, 11) is 0.679. The lowest BCUT2D eigenvalue weighted by Crippen LogP contribution is -2.41. The molecule has 1 heterocycles. The van der Waals surface area contributed by atoms with Crippen LogP contribution in [0.3, 0.4) is 0 Å². The Kier molecular flexibility index (Phi) is 8.80. The van der Waals surface area contributed by atoms with Gasteiger partial charge in [0, 0.05) is 30.2 Å². The highest BCUT2D eigenvalue weighted by Crippen LogP contribution is 2.49. The second-order valence-electron chi connectivity index (χ2n) is 10.4. The van der Waals surface area contributed by atoms with Crippen LogP contribution < -0.4 is 10.0 Å². The molecule has 6 nitrogen and oxygen atoms in total. The van der Waals surface area contributed by atoms with Gasteiger partial charge in [0.05, 0.1) is 18.0 Å². The Morgan fingerprint density at radius 2 is 1.77 bits per heavy atom. The second-order valence-corrected chi connectivity index (χ2v) is 11.9. The van der Waals surface area contributed by atoms with E-state index in [-0.39, 0.29) is 11.8 Å². The summed E-state index contributed by atoms with van der Waals surface area (Å²) in [6.07, 6.45) is 5.77. The van der Waals surface area contributed by atoms with Crippen LogP contribution >= 0.6 is 11.6 Å². The molecule has 0 saturated heterocycles. The van der Waals surface area contributed by atoms with E-state index in [1.54, 1.807) is 24.3 Å². The molecular formula is C31H35ClN4O2S. The molecule has 39 heavy (non-hydrogen) atoms. The average molecular weight is 563 g/mol. The van der Waals surface area contributed by atoms with Gasteiger partial charge in [-0.25, -0.2) is 9.35 Å². The van der Waals surface area contributed by atoms with Gasteiger partial charge in [-0.3, -0.25) is 9.79 Å². The number of nitrogens with zero attached hydrogens (tertiary/aromatic N) is 3. The van der Waals surface area contributed by atoms with Crippen molar-refractivity contribution in [1.82, 2.24) is 4.90 Å². The van der Waals surface area contributed by atoms with Crippen molar-refractivity contribution < 1.29 is 9.00 Å². The number of aliphatic imine (C=N–C) groups is 1. The number of amides is 1. The van der Waals surface area contributed by atoms with Crippen LogP contribution in [0.5, 0.6) is 0 Å².